The predicted molar refractivity (Wildman–Crippen MR) is 228 cm³/mol. The quantitative estimate of drug-likeness (QED) is 0.0708. The van der Waals surface area contributed by atoms with E-state index in [0.29, 0.717) is 34.9 Å². The number of fused-ring (bicyclic) bond motifs is 1. The van der Waals surface area contributed by atoms with Gasteiger partial charge in [-0.15, -0.1) is 0 Å². The van der Waals surface area contributed by atoms with Crippen LogP contribution in [0.2, 0.25) is 18.1 Å². The molecule has 3 atom stereocenters. The van der Waals surface area contributed by atoms with E-state index in [9.17, 15) is 9.90 Å². The molecule has 0 fully saturated rings. The molecule has 310 valence electrons. The summed E-state index contributed by atoms with van der Waals surface area (Å²) < 4.78 is 30.2. The molecule has 1 N–H and O–H groups in total. The minimum absolute atomic E-state index is 0.0631. The highest BCUT2D eigenvalue weighted by molar-refractivity contribution is 6.73. The molecular formula is C47H71NO7Si. The number of hydrogen-bond donors (Lipinski definition) is 1. The molecule has 0 saturated carbocycles. The molecule has 4 rings (SSSR count). The molecule has 0 amide bonds. The highest BCUT2D eigenvalue weighted by atomic mass is 28.4. The molecule has 56 heavy (non-hydrogen) atoms. The van der Waals surface area contributed by atoms with Gasteiger partial charge >= 0.3 is 5.97 Å². The van der Waals surface area contributed by atoms with Gasteiger partial charge in [0, 0.05) is 23.8 Å². The van der Waals surface area contributed by atoms with Crippen molar-refractivity contribution in [3.05, 3.63) is 82.2 Å². The Balaban J connectivity index is 1.80. The zero-order chi connectivity index (χ0) is 40.7. The number of aliphatic hydroxyl groups excluding tert-OH is 1. The van der Waals surface area contributed by atoms with E-state index < -0.39 is 25.9 Å². The van der Waals surface area contributed by atoms with Gasteiger partial charge < -0.3 is 28.5 Å². The van der Waals surface area contributed by atoms with Crippen molar-refractivity contribution in [2.75, 3.05) is 20.5 Å². The number of carbonyl (C=O) groups excluding carboxylic acids is 1. The predicted octanol–water partition coefficient (Wildman–Crippen LogP) is 11.6. The van der Waals surface area contributed by atoms with E-state index in [-0.39, 0.29) is 25.1 Å². The van der Waals surface area contributed by atoms with Crippen LogP contribution >= 0.6 is 0 Å². The number of hydrogen-bond acceptors (Lipinski definition) is 8. The van der Waals surface area contributed by atoms with E-state index in [1.54, 1.807) is 7.11 Å². The number of carbonyl (C=O) groups is 1. The molecule has 2 aromatic carbocycles. The van der Waals surface area contributed by atoms with Crippen molar-refractivity contribution in [2.24, 2.45) is 5.92 Å². The molecule has 1 aliphatic heterocycles. The third kappa shape index (κ3) is 13.1. The molecule has 0 saturated heterocycles. The molecule has 9 heteroatoms. The highest BCUT2D eigenvalue weighted by Crippen LogP contribution is 2.41. The summed E-state index contributed by atoms with van der Waals surface area (Å²) in [7, 11) is -0.214. The fourth-order valence-corrected chi connectivity index (χ4v) is 12.6. The number of benzene rings is 2. The lowest BCUT2D eigenvalue weighted by Crippen LogP contribution is -2.39. The summed E-state index contributed by atoms with van der Waals surface area (Å²) in [4.78, 5) is 19.2. The van der Waals surface area contributed by atoms with Crippen molar-refractivity contribution in [1.82, 2.24) is 4.98 Å². The summed E-state index contributed by atoms with van der Waals surface area (Å²) >= 11 is 0. The van der Waals surface area contributed by atoms with E-state index in [1.165, 1.54) is 56.7 Å². The average molecular weight is 790 g/mol. The number of pyridine rings is 1. The second-order valence-electron chi connectivity index (χ2n) is 16.9. The fourth-order valence-electron chi connectivity index (χ4n) is 7.77. The highest BCUT2D eigenvalue weighted by Gasteiger charge is 2.35. The number of esters is 1. The van der Waals surface area contributed by atoms with Crippen LogP contribution in [-0.2, 0) is 26.8 Å². The first-order valence-corrected chi connectivity index (χ1v) is 24.0. The molecule has 0 radical (unpaired) electrons. The summed E-state index contributed by atoms with van der Waals surface area (Å²) in [5, 5.41) is 12.1. The van der Waals surface area contributed by atoms with Crippen molar-refractivity contribution in [3.8, 4) is 17.2 Å². The molecular weight excluding hydrogens is 719 g/mol. The Hall–Kier alpha value is -3.40. The largest absolute Gasteiger partial charge is 0.497 e. The number of methoxy groups -OCH3 is 1. The lowest BCUT2D eigenvalue weighted by atomic mass is 9.82. The van der Waals surface area contributed by atoms with Crippen LogP contribution in [0.15, 0.2) is 48.5 Å². The van der Waals surface area contributed by atoms with Crippen LogP contribution in [0.25, 0.3) is 0 Å². The first kappa shape index (κ1) is 45.3. The Labute approximate surface area is 339 Å². The number of rotatable bonds is 24. The smallest absolute Gasteiger partial charge is 0.307 e. The van der Waals surface area contributed by atoms with Crippen molar-refractivity contribution < 1.29 is 33.3 Å². The number of aliphatic hydroxyl groups is 1. The first-order valence-electron chi connectivity index (χ1n) is 21.5. The summed E-state index contributed by atoms with van der Waals surface area (Å²) in [6, 6.07) is 19.4. The Morgan fingerprint density at radius 1 is 0.857 bits per heavy atom. The van der Waals surface area contributed by atoms with E-state index in [1.807, 2.05) is 57.2 Å². The van der Waals surface area contributed by atoms with Crippen molar-refractivity contribution in [3.63, 3.8) is 0 Å². The third-order valence-corrected chi connectivity index (χ3v) is 15.4. The van der Waals surface area contributed by atoms with Crippen LogP contribution in [0, 0.1) is 5.92 Å². The van der Waals surface area contributed by atoms with Gasteiger partial charge in [-0.1, -0.05) is 97.8 Å². The number of ether oxygens (including phenoxy) is 4. The Morgan fingerprint density at radius 2 is 1.50 bits per heavy atom. The van der Waals surface area contributed by atoms with Gasteiger partial charge in [0.2, 0.25) is 6.79 Å². The minimum atomic E-state index is -1.91. The maximum absolute atomic E-state index is 13.9. The Bertz CT molecular complexity index is 1650. The molecule has 1 aromatic heterocycles. The molecule has 3 aromatic rings. The van der Waals surface area contributed by atoms with E-state index in [4.69, 9.17) is 28.4 Å². The summed E-state index contributed by atoms with van der Waals surface area (Å²) in [6.45, 7) is 17.8. The van der Waals surface area contributed by atoms with Gasteiger partial charge in [0.15, 0.2) is 19.8 Å². The minimum Gasteiger partial charge on any atom is -0.497 e. The van der Waals surface area contributed by atoms with Gasteiger partial charge in [0.1, 0.15) is 17.5 Å². The molecule has 0 bridgehead atoms. The van der Waals surface area contributed by atoms with Crippen LogP contribution < -0.4 is 14.2 Å². The Kier molecular flexibility index (Phi) is 17.7. The monoisotopic (exact) mass is 789 g/mol. The van der Waals surface area contributed by atoms with Gasteiger partial charge in [-0.2, -0.15) is 0 Å². The molecule has 0 spiro atoms. The number of aryl methyl sites for hydroxylation is 1. The maximum Gasteiger partial charge on any atom is 0.307 e. The summed E-state index contributed by atoms with van der Waals surface area (Å²) in [5.41, 5.74) is 4.32. The maximum atomic E-state index is 13.9. The van der Waals surface area contributed by atoms with Crippen molar-refractivity contribution in [2.45, 2.75) is 162 Å². The van der Waals surface area contributed by atoms with Gasteiger partial charge in [-0.25, -0.2) is 0 Å². The van der Waals surface area contributed by atoms with E-state index in [0.717, 1.165) is 48.3 Å². The first-order chi connectivity index (χ1) is 26.9. The van der Waals surface area contributed by atoms with Crippen LogP contribution in [0.1, 0.15) is 159 Å². The summed E-state index contributed by atoms with van der Waals surface area (Å²) in [5.74, 6) is 1.42. The second-order valence-corrected chi connectivity index (χ2v) is 21.1. The zero-order valence-electron chi connectivity index (χ0n) is 36.0. The van der Waals surface area contributed by atoms with Crippen LogP contribution in [-0.4, -0.2) is 50.5 Å². The fraction of sp³-hybridized carbons (Fsp3) is 0.617. The topological polar surface area (TPSA) is 96.3 Å². The van der Waals surface area contributed by atoms with Gasteiger partial charge in [-0.3, -0.25) is 9.78 Å². The number of unbranched alkanes of at least 4 members (excludes halogenated alkanes) is 4. The van der Waals surface area contributed by atoms with Crippen molar-refractivity contribution >= 4 is 14.3 Å². The second kappa shape index (κ2) is 21.9. The number of aromatic nitrogens is 1. The molecule has 2 heterocycles. The zero-order valence-corrected chi connectivity index (χ0v) is 37.0. The van der Waals surface area contributed by atoms with Gasteiger partial charge in [0.25, 0.3) is 0 Å². The summed E-state index contributed by atoms with van der Waals surface area (Å²) in [6.07, 6.45) is 9.86. The van der Waals surface area contributed by atoms with Gasteiger partial charge in [0.05, 0.1) is 19.2 Å². The lowest BCUT2D eigenvalue weighted by molar-refractivity contribution is -0.155. The molecule has 8 nitrogen and oxygen atoms in total. The Morgan fingerprint density at radius 3 is 2.12 bits per heavy atom. The standard InChI is InChI=1S/C47H71NO7Si/c1-10-14-18-37-20-22-40(46(50)35-19-24-42-43(30-35)53-33-52-42)45(48-37)41(31-44(49)55-47(6,7)8)39-23-21-38(51-9)29-36(39)28-34(5)32-54-56(25-15-11-2,26-16-12-3)27-17-13-4/h19-24,29-30,34,41,46,50H,10-18,25-28,31-33H2,1-9H3/t34-,41?,46+/m0/s1. The average Bonchev–Trinajstić information content (AvgIpc) is 3.66. The van der Waals surface area contributed by atoms with E-state index in [2.05, 4.69) is 46.8 Å². The van der Waals surface area contributed by atoms with Crippen LogP contribution in [0.3, 0.4) is 0 Å². The van der Waals surface area contributed by atoms with Gasteiger partial charge in [-0.05, 0) is 111 Å². The normalized spacial score (nSPS) is 14.4. The van der Waals surface area contributed by atoms with Crippen LogP contribution in [0.4, 0.5) is 0 Å². The van der Waals surface area contributed by atoms with E-state index >= 15 is 0 Å². The lowest BCUT2D eigenvalue weighted by Gasteiger charge is -2.33. The van der Waals surface area contributed by atoms with Crippen molar-refractivity contribution in [1.29, 1.82) is 0 Å². The SMILES string of the molecule is CCCCc1ccc([C@H](O)c2ccc3c(c2)OCO3)c(C(CC(=O)OC(C)(C)C)c2ccc(OC)cc2C[C@H](C)CO[Si](CCCC)(CCCC)CCCC)n1. The molecule has 1 aliphatic rings. The molecule has 0 aliphatic carbocycles. The van der Waals surface area contributed by atoms with Crippen LogP contribution in [0.5, 0.6) is 17.2 Å². The molecule has 1 unspecified atom stereocenters. The third-order valence-electron chi connectivity index (χ3n) is 10.9. The number of nitrogens with zero attached hydrogens (tertiary/aromatic N) is 1.